The highest BCUT2D eigenvalue weighted by Gasteiger charge is 2.06. The highest BCUT2D eigenvalue weighted by Crippen LogP contribution is 2.33. The number of benzene rings is 2. The van der Waals surface area contributed by atoms with E-state index in [4.69, 9.17) is 10.5 Å². The van der Waals surface area contributed by atoms with Crippen LogP contribution in [0.2, 0.25) is 0 Å². The Bertz CT molecular complexity index is 531. The first-order valence-corrected chi connectivity index (χ1v) is 6.29. The van der Waals surface area contributed by atoms with E-state index in [0.717, 1.165) is 10.6 Å². The Kier molecular flexibility index (Phi) is 3.54. The number of ether oxygens (including phenoxy) is 1. The fourth-order valence-electron chi connectivity index (χ4n) is 1.43. The molecule has 0 aliphatic heterocycles. The molecule has 0 aromatic heterocycles. The Morgan fingerprint density at radius 3 is 2.59 bits per heavy atom. The van der Waals surface area contributed by atoms with Gasteiger partial charge in [0.1, 0.15) is 11.6 Å². The second-order valence-corrected chi connectivity index (χ2v) is 4.28. The maximum absolute atomic E-state index is 12.9. The van der Waals surface area contributed by atoms with E-state index in [2.05, 4.69) is 0 Å². The molecule has 0 heterocycles. The van der Waals surface area contributed by atoms with E-state index in [0.29, 0.717) is 11.4 Å². The number of hydrogen-bond acceptors (Lipinski definition) is 3. The van der Waals surface area contributed by atoms with Crippen molar-refractivity contribution in [2.45, 2.75) is 4.90 Å². The molecule has 17 heavy (non-hydrogen) atoms. The molecular formula is C13H12FNOS. The summed E-state index contributed by atoms with van der Waals surface area (Å²) < 4.78 is 18.6. The van der Waals surface area contributed by atoms with Crippen LogP contribution in [0.4, 0.5) is 10.1 Å². The monoisotopic (exact) mass is 249 g/mol. The minimum Gasteiger partial charge on any atom is -0.454 e. The van der Waals surface area contributed by atoms with E-state index in [-0.39, 0.29) is 5.82 Å². The Hall–Kier alpha value is -1.68. The van der Waals surface area contributed by atoms with E-state index in [9.17, 15) is 4.39 Å². The first-order chi connectivity index (χ1) is 8.20. The summed E-state index contributed by atoms with van der Waals surface area (Å²) in [4.78, 5) is 1.01. The van der Waals surface area contributed by atoms with E-state index in [1.54, 1.807) is 11.8 Å². The molecule has 2 nitrogen and oxygen atoms in total. The van der Waals surface area contributed by atoms with E-state index in [1.807, 2.05) is 30.5 Å². The van der Waals surface area contributed by atoms with Gasteiger partial charge in [-0.3, -0.25) is 0 Å². The van der Waals surface area contributed by atoms with Crippen LogP contribution in [0, 0.1) is 5.82 Å². The highest BCUT2D eigenvalue weighted by molar-refractivity contribution is 7.98. The molecule has 2 aromatic carbocycles. The molecule has 0 atom stereocenters. The largest absolute Gasteiger partial charge is 0.454 e. The van der Waals surface area contributed by atoms with E-state index < -0.39 is 0 Å². The number of rotatable bonds is 3. The summed E-state index contributed by atoms with van der Waals surface area (Å²) in [5, 5.41) is 0. The lowest BCUT2D eigenvalue weighted by Crippen LogP contribution is -1.93. The molecule has 0 amide bonds. The van der Waals surface area contributed by atoms with Gasteiger partial charge in [0.2, 0.25) is 0 Å². The summed E-state index contributed by atoms with van der Waals surface area (Å²) in [6, 6.07) is 11.7. The van der Waals surface area contributed by atoms with Crippen molar-refractivity contribution in [3.8, 4) is 11.5 Å². The number of thioether (sulfide) groups is 1. The average molecular weight is 249 g/mol. The molecule has 2 aromatic rings. The lowest BCUT2D eigenvalue weighted by Gasteiger charge is -2.11. The molecular weight excluding hydrogens is 237 g/mol. The summed E-state index contributed by atoms with van der Waals surface area (Å²) in [5.74, 6) is 0.819. The van der Waals surface area contributed by atoms with Gasteiger partial charge in [-0.1, -0.05) is 12.1 Å². The number of para-hydroxylation sites is 1. The minimum absolute atomic E-state index is 0.293. The summed E-state index contributed by atoms with van der Waals surface area (Å²) in [6.45, 7) is 0. The first-order valence-electron chi connectivity index (χ1n) is 5.06. The van der Waals surface area contributed by atoms with Gasteiger partial charge in [-0.15, -0.1) is 11.8 Å². The fourth-order valence-corrected chi connectivity index (χ4v) is 1.96. The van der Waals surface area contributed by atoms with Crippen molar-refractivity contribution in [3.05, 3.63) is 48.3 Å². The number of nitrogens with two attached hydrogens (primary N) is 1. The molecule has 2 N–H and O–H groups in total. The third-order valence-corrected chi connectivity index (χ3v) is 3.04. The molecule has 0 fully saturated rings. The van der Waals surface area contributed by atoms with Gasteiger partial charge in [0, 0.05) is 11.0 Å². The molecule has 0 spiro atoms. The Morgan fingerprint density at radius 1 is 1.12 bits per heavy atom. The predicted molar refractivity (Wildman–Crippen MR) is 69.1 cm³/mol. The third-order valence-electron chi connectivity index (χ3n) is 2.26. The molecule has 0 unspecified atom stereocenters. The molecule has 4 heteroatoms. The summed E-state index contributed by atoms with van der Waals surface area (Å²) in [7, 11) is 0. The van der Waals surface area contributed by atoms with Crippen molar-refractivity contribution in [1.29, 1.82) is 0 Å². The molecule has 0 radical (unpaired) electrons. The van der Waals surface area contributed by atoms with Gasteiger partial charge in [0.25, 0.3) is 0 Å². The molecule has 0 saturated heterocycles. The lowest BCUT2D eigenvalue weighted by atomic mass is 10.3. The van der Waals surface area contributed by atoms with Crippen LogP contribution < -0.4 is 10.5 Å². The molecule has 88 valence electrons. The number of halogens is 1. The van der Waals surface area contributed by atoms with Crippen LogP contribution in [-0.4, -0.2) is 6.26 Å². The lowest BCUT2D eigenvalue weighted by molar-refractivity contribution is 0.472. The van der Waals surface area contributed by atoms with E-state index >= 15 is 0 Å². The quantitative estimate of drug-likeness (QED) is 0.661. The van der Waals surface area contributed by atoms with Crippen LogP contribution in [-0.2, 0) is 0 Å². The van der Waals surface area contributed by atoms with Crippen molar-refractivity contribution in [2.75, 3.05) is 12.0 Å². The van der Waals surface area contributed by atoms with Crippen LogP contribution >= 0.6 is 11.8 Å². The number of hydrogen-bond donors (Lipinski definition) is 1. The fraction of sp³-hybridized carbons (Fsp3) is 0.0769. The number of anilines is 1. The van der Waals surface area contributed by atoms with Gasteiger partial charge in [0.15, 0.2) is 5.75 Å². The summed E-state index contributed by atoms with van der Waals surface area (Å²) in [5.41, 5.74) is 5.98. The molecule has 0 aliphatic rings. The van der Waals surface area contributed by atoms with Crippen molar-refractivity contribution < 1.29 is 9.13 Å². The Morgan fingerprint density at radius 2 is 1.88 bits per heavy atom. The summed E-state index contributed by atoms with van der Waals surface area (Å²) in [6.07, 6.45) is 1.97. The Labute approximate surface area is 104 Å². The van der Waals surface area contributed by atoms with Gasteiger partial charge in [-0.25, -0.2) is 4.39 Å². The van der Waals surface area contributed by atoms with E-state index in [1.165, 1.54) is 18.2 Å². The van der Waals surface area contributed by atoms with Gasteiger partial charge in [-0.2, -0.15) is 0 Å². The predicted octanol–water partition coefficient (Wildman–Crippen LogP) is 3.92. The van der Waals surface area contributed by atoms with Crippen LogP contribution in [0.3, 0.4) is 0 Å². The zero-order valence-electron chi connectivity index (χ0n) is 9.31. The van der Waals surface area contributed by atoms with Gasteiger partial charge >= 0.3 is 0 Å². The maximum atomic E-state index is 12.9. The zero-order chi connectivity index (χ0) is 12.3. The van der Waals surface area contributed by atoms with Crippen LogP contribution in [0.25, 0.3) is 0 Å². The third kappa shape index (κ3) is 2.71. The SMILES string of the molecule is CSc1ccccc1Oc1ccc(F)cc1N. The topological polar surface area (TPSA) is 35.2 Å². The maximum Gasteiger partial charge on any atom is 0.150 e. The van der Waals surface area contributed by atoms with Crippen LogP contribution in [0.5, 0.6) is 11.5 Å². The highest BCUT2D eigenvalue weighted by atomic mass is 32.2. The van der Waals surface area contributed by atoms with Crippen LogP contribution in [0.15, 0.2) is 47.4 Å². The van der Waals surface area contributed by atoms with Crippen molar-refractivity contribution in [1.82, 2.24) is 0 Å². The van der Waals surface area contributed by atoms with Crippen molar-refractivity contribution in [2.24, 2.45) is 0 Å². The van der Waals surface area contributed by atoms with Crippen molar-refractivity contribution >= 4 is 17.4 Å². The van der Waals surface area contributed by atoms with Gasteiger partial charge in [-0.05, 0) is 30.5 Å². The molecule has 0 aliphatic carbocycles. The van der Waals surface area contributed by atoms with Crippen molar-refractivity contribution in [3.63, 3.8) is 0 Å². The Balaban J connectivity index is 2.31. The zero-order valence-corrected chi connectivity index (χ0v) is 10.1. The van der Waals surface area contributed by atoms with Gasteiger partial charge < -0.3 is 10.5 Å². The molecule has 2 rings (SSSR count). The first kappa shape index (κ1) is 11.8. The van der Waals surface area contributed by atoms with Crippen LogP contribution in [0.1, 0.15) is 0 Å². The summed E-state index contributed by atoms with van der Waals surface area (Å²) >= 11 is 1.58. The normalized spacial score (nSPS) is 10.2. The molecule has 0 saturated carbocycles. The second-order valence-electron chi connectivity index (χ2n) is 3.44. The smallest absolute Gasteiger partial charge is 0.150 e. The standard InChI is InChI=1S/C13H12FNOS/c1-17-13-5-3-2-4-12(13)16-11-7-6-9(14)8-10(11)15/h2-8H,15H2,1H3. The second kappa shape index (κ2) is 5.10. The average Bonchev–Trinajstić information content (AvgIpc) is 2.33. The number of nitrogen functional groups attached to an aromatic ring is 1. The minimum atomic E-state index is -0.368. The van der Waals surface area contributed by atoms with Gasteiger partial charge in [0.05, 0.1) is 5.69 Å². The molecule has 0 bridgehead atoms.